The summed E-state index contributed by atoms with van der Waals surface area (Å²) in [7, 11) is 0. The van der Waals surface area contributed by atoms with Crippen LogP contribution in [0.25, 0.3) is 0 Å². The van der Waals surface area contributed by atoms with Crippen molar-refractivity contribution in [2.75, 3.05) is 16.8 Å². The second-order valence-electron chi connectivity index (χ2n) is 7.98. The molecule has 3 N–H and O–H groups in total. The number of pyridine rings is 2. The molecule has 0 spiro atoms. The number of carbonyl (C=O) groups excluding carboxylic acids is 2. The van der Waals surface area contributed by atoms with Gasteiger partial charge in [-0.1, -0.05) is 0 Å². The van der Waals surface area contributed by atoms with Crippen LogP contribution in [0.3, 0.4) is 0 Å². The van der Waals surface area contributed by atoms with E-state index in [1.807, 2.05) is 6.07 Å². The highest BCUT2D eigenvalue weighted by Crippen LogP contribution is 2.23. The number of aromatic nitrogens is 2. The first-order chi connectivity index (χ1) is 16.3. The molecule has 10 heteroatoms. The normalized spacial score (nSPS) is 13.7. The van der Waals surface area contributed by atoms with Crippen molar-refractivity contribution in [3.63, 3.8) is 0 Å². The van der Waals surface area contributed by atoms with Crippen molar-refractivity contribution in [2.24, 2.45) is 5.73 Å². The Morgan fingerprint density at radius 1 is 1.00 bits per heavy atom. The van der Waals surface area contributed by atoms with Crippen LogP contribution in [0.15, 0.2) is 42.7 Å². The van der Waals surface area contributed by atoms with Crippen molar-refractivity contribution in [1.82, 2.24) is 9.97 Å². The molecule has 34 heavy (non-hydrogen) atoms. The predicted molar refractivity (Wildman–Crippen MR) is 120 cm³/mol. The molecule has 3 heterocycles. The van der Waals surface area contributed by atoms with Crippen LogP contribution < -0.4 is 16.0 Å². The second kappa shape index (κ2) is 9.90. The van der Waals surface area contributed by atoms with Gasteiger partial charge in [-0.3, -0.25) is 19.6 Å². The summed E-state index contributed by atoms with van der Waals surface area (Å²) in [5, 5.41) is 2.85. The molecule has 0 atom stereocenters. The minimum atomic E-state index is -1.28. The van der Waals surface area contributed by atoms with Crippen LogP contribution in [0, 0.1) is 17.5 Å². The van der Waals surface area contributed by atoms with E-state index in [0.717, 1.165) is 24.6 Å². The van der Waals surface area contributed by atoms with Crippen LogP contribution in [-0.2, 0) is 17.8 Å². The van der Waals surface area contributed by atoms with Crippen molar-refractivity contribution in [2.45, 2.75) is 32.2 Å². The van der Waals surface area contributed by atoms with Gasteiger partial charge in [0.2, 0.25) is 5.91 Å². The third-order valence-corrected chi connectivity index (χ3v) is 5.59. The molecule has 1 aliphatic rings. The van der Waals surface area contributed by atoms with Crippen molar-refractivity contribution in [3.05, 3.63) is 82.7 Å². The summed E-state index contributed by atoms with van der Waals surface area (Å²) in [5.74, 6) is -4.05. The van der Waals surface area contributed by atoms with Gasteiger partial charge in [0.05, 0.1) is 23.1 Å². The topological polar surface area (TPSA) is 101 Å². The summed E-state index contributed by atoms with van der Waals surface area (Å²) >= 11 is 0. The van der Waals surface area contributed by atoms with Crippen LogP contribution in [0.2, 0.25) is 0 Å². The Morgan fingerprint density at radius 2 is 1.76 bits per heavy atom. The van der Waals surface area contributed by atoms with Gasteiger partial charge in [0.25, 0.3) is 5.91 Å². The number of amides is 2. The minimum Gasteiger partial charge on any atom is -0.380 e. The molecule has 3 aromatic rings. The monoisotopic (exact) mass is 469 g/mol. The number of halogens is 3. The number of nitrogens with two attached hydrogens (primary N) is 1. The Bertz CT molecular complexity index is 1230. The average molecular weight is 469 g/mol. The zero-order valence-corrected chi connectivity index (χ0v) is 18.2. The molecule has 176 valence electrons. The number of rotatable bonds is 7. The first-order valence-electron chi connectivity index (χ1n) is 10.7. The summed E-state index contributed by atoms with van der Waals surface area (Å²) < 4.78 is 40.6. The molecule has 7 nitrogen and oxygen atoms in total. The Hall–Kier alpha value is -3.95. The summed E-state index contributed by atoms with van der Waals surface area (Å²) in [4.78, 5) is 34.3. The van der Waals surface area contributed by atoms with E-state index in [4.69, 9.17) is 5.73 Å². The van der Waals surface area contributed by atoms with E-state index >= 15 is 0 Å². The Labute approximate surface area is 193 Å². The van der Waals surface area contributed by atoms with E-state index in [1.54, 1.807) is 23.2 Å². The fourth-order valence-electron chi connectivity index (χ4n) is 3.77. The lowest BCUT2D eigenvalue weighted by molar-refractivity contribution is -0.119. The fourth-order valence-corrected chi connectivity index (χ4v) is 3.77. The highest BCUT2D eigenvalue weighted by molar-refractivity contribution is 5.98. The maximum Gasteiger partial charge on any atom is 0.252 e. The number of nitrogens with one attached hydrogen (secondary N) is 1. The van der Waals surface area contributed by atoms with Crippen molar-refractivity contribution >= 4 is 23.2 Å². The van der Waals surface area contributed by atoms with Gasteiger partial charge in [0.15, 0.2) is 11.6 Å². The Morgan fingerprint density at radius 3 is 2.47 bits per heavy atom. The van der Waals surface area contributed by atoms with Gasteiger partial charge in [-0.2, -0.15) is 0 Å². The number of hydrogen-bond acceptors (Lipinski definition) is 5. The third kappa shape index (κ3) is 5.16. The first-order valence-corrected chi connectivity index (χ1v) is 10.7. The van der Waals surface area contributed by atoms with E-state index in [9.17, 15) is 22.8 Å². The van der Waals surface area contributed by atoms with Crippen molar-refractivity contribution in [3.8, 4) is 0 Å². The average Bonchev–Trinajstić information content (AvgIpc) is 2.81. The van der Waals surface area contributed by atoms with E-state index in [-0.39, 0.29) is 29.3 Å². The molecule has 0 radical (unpaired) electrons. The third-order valence-electron chi connectivity index (χ3n) is 5.59. The fraction of sp³-hybridized carbons (Fsp3) is 0.250. The Balaban J connectivity index is 1.51. The van der Waals surface area contributed by atoms with Crippen molar-refractivity contribution in [1.29, 1.82) is 0 Å². The first kappa shape index (κ1) is 23.2. The van der Waals surface area contributed by atoms with E-state index in [2.05, 4.69) is 15.3 Å². The zero-order valence-electron chi connectivity index (χ0n) is 18.2. The van der Waals surface area contributed by atoms with Crippen LogP contribution in [0.1, 0.15) is 46.6 Å². The van der Waals surface area contributed by atoms with Gasteiger partial charge in [0.1, 0.15) is 5.82 Å². The summed E-state index contributed by atoms with van der Waals surface area (Å²) in [6.07, 6.45) is 5.63. The summed E-state index contributed by atoms with van der Waals surface area (Å²) in [5.41, 5.74) is 7.61. The second-order valence-corrected chi connectivity index (χ2v) is 7.98. The van der Waals surface area contributed by atoms with E-state index in [1.165, 1.54) is 6.20 Å². The smallest absolute Gasteiger partial charge is 0.252 e. The standard InChI is InChI=1S/C24H22F3N5O2/c25-19-10-21(27)20(26)7-14(19)11-31-22-9-16(30-13-18(22)24(28)34)8-15-4-5-17(12-29-15)32-6-2-1-3-23(32)33/h4-5,7,9-10,12-13H,1-3,6,8,11H2,(H2,28,34)(H,30,31). The molecule has 2 amide bonds. The molecule has 0 unspecified atom stereocenters. The SMILES string of the molecule is NC(=O)c1cnc(Cc2ccc(N3CCCCC3=O)cn2)cc1NCc1cc(F)c(F)cc1F. The van der Waals surface area contributed by atoms with Crippen LogP contribution in [0.5, 0.6) is 0 Å². The number of primary amides is 1. The molecule has 2 aromatic heterocycles. The van der Waals surface area contributed by atoms with Gasteiger partial charge >= 0.3 is 0 Å². The molecule has 1 aromatic carbocycles. The quantitative estimate of drug-likeness (QED) is 0.514. The molecular formula is C24H22F3N5O2. The number of hydrogen-bond donors (Lipinski definition) is 2. The number of piperidine rings is 1. The lowest BCUT2D eigenvalue weighted by Crippen LogP contribution is -2.35. The zero-order chi connectivity index (χ0) is 24.2. The molecule has 1 aliphatic heterocycles. The van der Waals surface area contributed by atoms with Gasteiger partial charge in [-0.05, 0) is 37.1 Å². The Kier molecular flexibility index (Phi) is 6.76. The molecule has 0 saturated carbocycles. The molecule has 1 fully saturated rings. The van der Waals surface area contributed by atoms with Gasteiger partial charge in [-0.25, -0.2) is 13.2 Å². The molecule has 4 rings (SSSR count). The molecule has 1 saturated heterocycles. The van der Waals surface area contributed by atoms with Crippen molar-refractivity contribution < 1.29 is 22.8 Å². The van der Waals surface area contributed by atoms with Gasteiger partial charge < -0.3 is 16.0 Å². The highest BCUT2D eigenvalue weighted by atomic mass is 19.2. The van der Waals surface area contributed by atoms with Crippen LogP contribution in [-0.4, -0.2) is 28.3 Å². The highest BCUT2D eigenvalue weighted by Gasteiger charge is 2.20. The lowest BCUT2D eigenvalue weighted by atomic mass is 10.1. The summed E-state index contributed by atoms with van der Waals surface area (Å²) in [6.45, 7) is 0.465. The molecule has 0 aliphatic carbocycles. The van der Waals surface area contributed by atoms with Crippen LogP contribution >= 0.6 is 0 Å². The number of carbonyl (C=O) groups is 2. The maximum atomic E-state index is 14.0. The predicted octanol–water partition coefficient (Wildman–Crippen LogP) is 3.71. The largest absolute Gasteiger partial charge is 0.380 e. The number of anilines is 2. The number of nitrogens with zero attached hydrogens (tertiary/aromatic N) is 3. The van der Waals surface area contributed by atoms with E-state index < -0.39 is 23.4 Å². The maximum absolute atomic E-state index is 14.0. The van der Waals surface area contributed by atoms with Gasteiger partial charge in [0, 0.05) is 55.1 Å². The molecular weight excluding hydrogens is 447 g/mol. The summed E-state index contributed by atoms with van der Waals surface area (Å²) in [6, 6.07) is 6.41. The lowest BCUT2D eigenvalue weighted by Gasteiger charge is -2.26. The number of benzene rings is 1. The van der Waals surface area contributed by atoms with E-state index in [0.29, 0.717) is 36.8 Å². The van der Waals surface area contributed by atoms with Gasteiger partial charge in [-0.15, -0.1) is 0 Å². The van der Waals surface area contributed by atoms with Crippen LogP contribution in [0.4, 0.5) is 24.5 Å². The molecule has 0 bridgehead atoms. The minimum absolute atomic E-state index is 0.0682.